The van der Waals surface area contributed by atoms with E-state index < -0.39 is 0 Å². The summed E-state index contributed by atoms with van der Waals surface area (Å²) in [6, 6.07) is 0. The average Bonchev–Trinajstić information content (AvgIpc) is 1.84. The summed E-state index contributed by atoms with van der Waals surface area (Å²) in [4.78, 5) is 2.49. The molecule has 0 radical (unpaired) electrons. The predicted octanol–water partition coefficient (Wildman–Crippen LogP) is 0.692. The molecular formula is C8H18N2. The molecule has 1 aliphatic rings. The SMILES string of the molecule is CCCNCCN1CCC1. The van der Waals surface area contributed by atoms with Crippen molar-refractivity contribution in [3.63, 3.8) is 0 Å². The fraction of sp³-hybridized carbons (Fsp3) is 1.00. The van der Waals surface area contributed by atoms with Crippen LogP contribution in [0.2, 0.25) is 0 Å². The van der Waals surface area contributed by atoms with Crippen molar-refractivity contribution in [2.75, 3.05) is 32.7 Å². The highest BCUT2D eigenvalue weighted by Gasteiger charge is 2.11. The molecule has 1 fully saturated rings. The lowest BCUT2D eigenvalue weighted by atomic mass is 10.2. The van der Waals surface area contributed by atoms with Crippen molar-refractivity contribution in [3.8, 4) is 0 Å². The fourth-order valence-electron chi connectivity index (χ4n) is 1.14. The van der Waals surface area contributed by atoms with Gasteiger partial charge in [-0.3, -0.25) is 0 Å². The molecule has 1 rings (SSSR count). The van der Waals surface area contributed by atoms with Crippen molar-refractivity contribution in [2.45, 2.75) is 19.8 Å². The molecule has 10 heavy (non-hydrogen) atoms. The molecule has 1 saturated heterocycles. The summed E-state index contributed by atoms with van der Waals surface area (Å²) < 4.78 is 0. The summed E-state index contributed by atoms with van der Waals surface area (Å²) >= 11 is 0. The average molecular weight is 142 g/mol. The Balaban J connectivity index is 1.76. The van der Waals surface area contributed by atoms with Crippen molar-refractivity contribution >= 4 is 0 Å². The second-order valence-corrected chi connectivity index (χ2v) is 2.95. The molecule has 1 N–H and O–H groups in total. The maximum atomic E-state index is 3.39. The Morgan fingerprint density at radius 3 is 2.60 bits per heavy atom. The van der Waals surface area contributed by atoms with Crippen LogP contribution in [-0.2, 0) is 0 Å². The topological polar surface area (TPSA) is 15.3 Å². The normalized spacial score (nSPS) is 18.9. The lowest BCUT2D eigenvalue weighted by molar-refractivity contribution is 0.182. The van der Waals surface area contributed by atoms with Crippen LogP contribution in [0.15, 0.2) is 0 Å². The van der Waals surface area contributed by atoms with E-state index in [9.17, 15) is 0 Å². The second kappa shape index (κ2) is 4.69. The van der Waals surface area contributed by atoms with E-state index in [0.717, 1.165) is 0 Å². The highest BCUT2D eigenvalue weighted by Crippen LogP contribution is 2.02. The van der Waals surface area contributed by atoms with E-state index in [1.807, 2.05) is 0 Å². The Morgan fingerprint density at radius 1 is 1.30 bits per heavy atom. The summed E-state index contributed by atoms with van der Waals surface area (Å²) in [5.74, 6) is 0. The highest BCUT2D eigenvalue weighted by atomic mass is 15.2. The summed E-state index contributed by atoms with van der Waals surface area (Å²) in [5.41, 5.74) is 0. The van der Waals surface area contributed by atoms with Gasteiger partial charge >= 0.3 is 0 Å². The van der Waals surface area contributed by atoms with E-state index in [1.54, 1.807) is 0 Å². The van der Waals surface area contributed by atoms with Gasteiger partial charge in [0.05, 0.1) is 0 Å². The van der Waals surface area contributed by atoms with Crippen molar-refractivity contribution in [1.29, 1.82) is 0 Å². The van der Waals surface area contributed by atoms with E-state index >= 15 is 0 Å². The molecule has 0 atom stereocenters. The molecular weight excluding hydrogens is 124 g/mol. The van der Waals surface area contributed by atoms with Crippen LogP contribution in [-0.4, -0.2) is 37.6 Å². The molecule has 1 aliphatic heterocycles. The molecule has 2 heteroatoms. The first-order chi connectivity index (χ1) is 4.93. The van der Waals surface area contributed by atoms with Gasteiger partial charge in [0.1, 0.15) is 0 Å². The lowest BCUT2D eigenvalue weighted by Crippen LogP contribution is -2.41. The predicted molar refractivity (Wildman–Crippen MR) is 44.2 cm³/mol. The Hall–Kier alpha value is -0.0800. The van der Waals surface area contributed by atoms with Crippen LogP contribution in [0.3, 0.4) is 0 Å². The van der Waals surface area contributed by atoms with E-state index in [1.165, 1.54) is 45.6 Å². The fourth-order valence-corrected chi connectivity index (χ4v) is 1.14. The number of hydrogen-bond acceptors (Lipinski definition) is 2. The minimum Gasteiger partial charge on any atom is -0.315 e. The molecule has 0 saturated carbocycles. The third-order valence-corrected chi connectivity index (χ3v) is 1.98. The molecule has 0 aromatic carbocycles. The largest absolute Gasteiger partial charge is 0.315 e. The molecule has 0 aliphatic carbocycles. The lowest BCUT2D eigenvalue weighted by Gasteiger charge is -2.30. The molecule has 0 amide bonds. The zero-order valence-corrected chi connectivity index (χ0v) is 6.90. The Kier molecular flexibility index (Phi) is 3.76. The van der Waals surface area contributed by atoms with Gasteiger partial charge in [0, 0.05) is 13.1 Å². The number of nitrogens with zero attached hydrogens (tertiary/aromatic N) is 1. The third-order valence-electron chi connectivity index (χ3n) is 1.98. The minimum absolute atomic E-state index is 1.17. The van der Waals surface area contributed by atoms with Gasteiger partial charge in [-0.05, 0) is 32.5 Å². The monoisotopic (exact) mass is 142 g/mol. The molecule has 0 aromatic heterocycles. The summed E-state index contributed by atoms with van der Waals surface area (Å²) in [6.07, 6.45) is 2.66. The van der Waals surface area contributed by atoms with Crippen LogP contribution in [0.1, 0.15) is 19.8 Å². The molecule has 0 bridgehead atoms. The number of rotatable bonds is 5. The molecule has 0 unspecified atom stereocenters. The highest BCUT2D eigenvalue weighted by molar-refractivity contribution is 4.68. The van der Waals surface area contributed by atoms with Crippen molar-refractivity contribution in [2.24, 2.45) is 0 Å². The van der Waals surface area contributed by atoms with Gasteiger partial charge in [0.2, 0.25) is 0 Å². The van der Waals surface area contributed by atoms with Gasteiger partial charge in [-0.25, -0.2) is 0 Å². The van der Waals surface area contributed by atoms with Gasteiger partial charge in [-0.1, -0.05) is 6.92 Å². The zero-order chi connectivity index (χ0) is 7.23. The summed E-state index contributed by atoms with van der Waals surface area (Å²) in [6.45, 7) is 8.46. The van der Waals surface area contributed by atoms with Crippen LogP contribution < -0.4 is 5.32 Å². The summed E-state index contributed by atoms with van der Waals surface area (Å²) in [5, 5.41) is 3.39. The van der Waals surface area contributed by atoms with Crippen molar-refractivity contribution < 1.29 is 0 Å². The molecule has 0 spiro atoms. The van der Waals surface area contributed by atoms with Crippen LogP contribution in [0.5, 0.6) is 0 Å². The van der Waals surface area contributed by atoms with Crippen LogP contribution in [0.4, 0.5) is 0 Å². The number of nitrogens with one attached hydrogen (secondary N) is 1. The van der Waals surface area contributed by atoms with E-state index in [4.69, 9.17) is 0 Å². The first kappa shape index (κ1) is 8.02. The van der Waals surface area contributed by atoms with E-state index in [2.05, 4.69) is 17.1 Å². The third kappa shape index (κ3) is 2.67. The standard InChI is InChI=1S/C8H18N2/c1-2-4-9-5-8-10-6-3-7-10/h9H,2-8H2,1H3. The van der Waals surface area contributed by atoms with Crippen LogP contribution in [0, 0.1) is 0 Å². The molecule has 2 nitrogen and oxygen atoms in total. The number of hydrogen-bond donors (Lipinski definition) is 1. The zero-order valence-electron chi connectivity index (χ0n) is 6.90. The Morgan fingerprint density at radius 2 is 2.10 bits per heavy atom. The maximum Gasteiger partial charge on any atom is 0.0107 e. The Bertz CT molecular complexity index is 79.3. The molecule has 0 aromatic rings. The second-order valence-electron chi connectivity index (χ2n) is 2.95. The maximum absolute atomic E-state index is 3.39. The first-order valence-electron chi connectivity index (χ1n) is 4.36. The van der Waals surface area contributed by atoms with Gasteiger partial charge in [0.15, 0.2) is 0 Å². The van der Waals surface area contributed by atoms with E-state index in [0.29, 0.717) is 0 Å². The Labute approximate surface area is 63.6 Å². The minimum atomic E-state index is 1.17. The summed E-state index contributed by atoms with van der Waals surface area (Å²) in [7, 11) is 0. The molecule has 1 heterocycles. The number of likely N-dealkylation sites (tertiary alicyclic amines) is 1. The van der Waals surface area contributed by atoms with Gasteiger partial charge in [-0.2, -0.15) is 0 Å². The van der Waals surface area contributed by atoms with Crippen molar-refractivity contribution in [1.82, 2.24) is 10.2 Å². The van der Waals surface area contributed by atoms with Gasteiger partial charge in [-0.15, -0.1) is 0 Å². The van der Waals surface area contributed by atoms with E-state index in [-0.39, 0.29) is 0 Å². The smallest absolute Gasteiger partial charge is 0.0107 e. The van der Waals surface area contributed by atoms with Gasteiger partial charge in [0.25, 0.3) is 0 Å². The first-order valence-corrected chi connectivity index (χ1v) is 4.36. The van der Waals surface area contributed by atoms with Crippen LogP contribution >= 0.6 is 0 Å². The van der Waals surface area contributed by atoms with Gasteiger partial charge < -0.3 is 10.2 Å². The van der Waals surface area contributed by atoms with Crippen molar-refractivity contribution in [3.05, 3.63) is 0 Å². The quantitative estimate of drug-likeness (QED) is 0.568. The van der Waals surface area contributed by atoms with Crippen LogP contribution in [0.25, 0.3) is 0 Å². The molecule has 60 valence electrons.